The van der Waals surface area contributed by atoms with Crippen molar-refractivity contribution in [1.82, 2.24) is 0 Å². The Hall–Kier alpha value is -3.51. The number of carbonyl (C=O) groups is 2. The minimum absolute atomic E-state index is 0.0775. The zero-order chi connectivity index (χ0) is 22.2. The van der Waals surface area contributed by atoms with E-state index in [1.165, 1.54) is 0 Å². The van der Waals surface area contributed by atoms with Crippen molar-refractivity contribution in [3.8, 4) is 11.5 Å². The lowest BCUT2D eigenvalue weighted by molar-refractivity contribution is -0.139. The number of halogens is 1. The van der Waals surface area contributed by atoms with Crippen molar-refractivity contribution in [3.05, 3.63) is 72.8 Å². The Morgan fingerprint density at radius 1 is 0.742 bits per heavy atom. The van der Waals surface area contributed by atoms with Gasteiger partial charge in [-0.1, -0.05) is 49.0 Å². The molecule has 0 aliphatic heterocycles. The van der Waals surface area contributed by atoms with Gasteiger partial charge >= 0.3 is 11.9 Å². The monoisotopic (exact) mass is 440 g/mol. The first kappa shape index (κ1) is 22.2. The molecule has 0 spiro atoms. The first-order valence-corrected chi connectivity index (χ1v) is 9.91. The average Bonchev–Trinajstić information content (AvgIpc) is 2.79. The molecule has 0 unspecified atom stereocenters. The van der Waals surface area contributed by atoms with Crippen molar-refractivity contribution >= 4 is 45.1 Å². The maximum Gasteiger partial charge on any atom is 0.330 e. The van der Waals surface area contributed by atoms with Gasteiger partial charge in [0.2, 0.25) is 0 Å². The van der Waals surface area contributed by atoms with Gasteiger partial charge in [-0.15, -0.1) is 0 Å². The Labute approximate surface area is 184 Å². The van der Waals surface area contributed by atoms with E-state index < -0.39 is 11.9 Å². The second-order valence-corrected chi connectivity index (χ2v) is 6.77. The molecule has 0 saturated carbocycles. The molecule has 0 N–H and O–H groups in total. The molecular weight excluding hydrogens is 420 g/mol. The zero-order valence-electron chi connectivity index (χ0n) is 16.8. The lowest BCUT2D eigenvalue weighted by Gasteiger charge is -2.18. The first-order valence-electron chi connectivity index (χ1n) is 9.53. The Balaban J connectivity index is 1.96. The average molecular weight is 441 g/mol. The summed E-state index contributed by atoms with van der Waals surface area (Å²) in [6, 6.07) is 13.0. The number of rotatable bonds is 10. The SMILES string of the molecule is C=CC(=O)OCCOc1c2ccccc2c(OCCOC(=O)C=C)c2cc(Cl)ccc12. The predicted molar refractivity (Wildman–Crippen MR) is 120 cm³/mol. The molecule has 0 saturated heterocycles. The van der Waals surface area contributed by atoms with Gasteiger partial charge in [0, 0.05) is 38.7 Å². The molecule has 0 radical (unpaired) electrons. The van der Waals surface area contributed by atoms with Crippen LogP contribution in [0.1, 0.15) is 0 Å². The summed E-state index contributed by atoms with van der Waals surface area (Å²) in [6.45, 7) is 7.22. The lowest BCUT2D eigenvalue weighted by Crippen LogP contribution is -2.12. The van der Waals surface area contributed by atoms with Crippen molar-refractivity contribution in [1.29, 1.82) is 0 Å². The highest BCUT2D eigenvalue weighted by atomic mass is 35.5. The van der Waals surface area contributed by atoms with Gasteiger partial charge < -0.3 is 18.9 Å². The molecule has 0 bridgehead atoms. The maximum atomic E-state index is 11.3. The molecule has 3 aromatic rings. The topological polar surface area (TPSA) is 71.1 Å². The molecule has 7 heteroatoms. The summed E-state index contributed by atoms with van der Waals surface area (Å²) < 4.78 is 22.0. The van der Waals surface area contributed by atoms with Crippen LogP contribution in [0.2, 0.25) is 5.02 Å². The molecule has 0 fully saturated rings. The van der Waals surface area contributed by atoms with Crippen LogP contribution in [-0.2, 0) is 19.1 Å². The van der Waals surface area contributed by atoms with Crippen LogP contribution in [-0.4, -0.2) is 38.4 Å². The fourth-order valence-electron chi connectivity index (χ4n) is 3.07. The van der Waals surface area contributed by atoms with Crippen molar-refractivity contribution < 1.29 is 28.5 Å². The smallest absolute Gasteiger partial charge is 0.330 e. The number of benzene rings is 3. The summed E-state index contributed by atoms with van der Waals surface area (Å²) in [5.41, 5.74) is 0. The molecule has 6 nitrogen and oxygen atoms in total. The molecule has 31 heavy (non-hydrogen) atoms. The summed E-state index contributed by atoms with van der Waals surface area (Å²) in [5.74, 6) is 0.212. The van der Waals surface area contributed by atoms with Crippen molar-refractivity contribution in [3.63, 3.8) is 0 Å². The highest BCUT2D eigenvalue weighted by molar-refractivity contribution is 6.31. The fourth-order valence-corrected chi connectivity index (χ4v) is 3.24. The van der Waals surface area contributed by atoms with E-state index in [1.807, 2.05) is 30.3 Å². The minimum Gasteiger partial charge on any atom is -0.489 e. The van der Waals surface area contributed by atoms with E-state index in [9.17, 15) is 9.59 Å². The highest BCUT2D eigenvalue weighted by Crippen LogP contribution is 2.43. The summed E-state index contributed by atoms with van der Waals surface area (Å²) >= 11 is 6.25. The van der Waals surface area contributed by atoms with Crippen LogP contribution in [0.25, 0.3) is 21.5 Å². The van der Waals surface area contributed by atoms with E-state index in [2.05, 4.69) is 13.2 Å². The second-order valence-electron chi connectivity index (χ2n) is 6.33. The number of esters is 2. The normalized spacial score (nSPS) is 10.5. The summed E-state index contributed by atoms with van der Waals surface area (Å²) in [6.07, 6.45) is 2.20. The molecule has 0 amide bonds. The van der Waals surface area contributed by atoms with Crippen LogP contribution in [0.4, 0.5) is 0 Å². The van der Waals surface area contributed by atoms with Gasteiger partial charge in [-0.2, -0.15) is 0 Å². The Kier molecular flexibility index (Phi) is 7.51. The van der Waals surface area contributed by atoms with Crippen LogP contribution in [0.15, 0.2) is 67.8 Å². The highest BCUT2D eigenvalue weighted by Gasteiger charge is 2.17. The quantitative estimate of drug-likeness (QED) is 0.194. The maximum absolute atomic E-state index is 11.3. The van der Waals surface area contributed by atoms with E-state index in [0.29, 0.717) is 16.5 Å². The minimum atomic E-state index is -0.512. The molecular formula is C24H21ClO6. The molecule has 0 aliphatic carbocycles. The summed E-state index contributed by atoms with van der Waals surface area (Å²) in [5, 5.41) is 3.71. The van der Waals surface area contributed by atoms with Gasteiger partial charge in [0.05, 0.1) is 0 Å². The Morgan fingerprint density at radius 2 is 1.23 bits per heavy atom. The first-order chi connectivity index (χ1) is 15.0. The van der Waals surface area contributed by atoms with Gasteiger partial charge in [0.15, 0.2) is 0 Å². The lowest BCUT2D eigenvalue weighted by atomic mass is 10.0. The van der Waals surface area contributed by atoms with Gasteiger partial charge in [-0.3, -0.25) is 0 Å². The standard InChI is InChI=1S/C24H21ClO6/c1-3-21(26)28-11-13-30-23-17-7-5-6-8-18(17)24(31-14-12-29-22(27)4-2)20-15-16(25)9-10-19(20)23/h3-10,15H,1-2,11-14H2. The third-order valence-corrected chi connectivity index (χ3v) is 4.60. The summed E-state index contributed by atoms with van der Waals surface area (Å²) in [4.78, 5) is 22.5. The van der Waals surface area contributed by atoms with Crippen LogP contribution in [0.3, 0.4) is 0 Å². The van der Waals surface area contributed by atoms with E-state index in [0.717, 1.165) is 33.7 Å². The number of fused-ring (bicyclic) bond motifs is 2. The molecule has 0 atom stereocenters. The molecule has 0 aromatic heterocycles. The molecule has 0 heterocycles. The largest absolute Gasteiger partial charge is 0.489 e. The number of hydrogen-bond acceptors (Lipinski definition) is 6. The van der Waals surface area contributed by atoms with Gasteiger partial charge in [0.1, 0.15) is 37.9 Å². The van der Waals surface area contributed by atoms with E-state index >= 15 is 0 Å². The molecule has 3 rings (SSSR count). The fraction of sp³-hybridized carbons (Fsp3) is 0.167. The third kappa shape index (κ3) is 5.35. The van der Waals surface area contributed by atoms with E-state index in [4.69, 9.17) is 30.5 Å². The van der Waals surface area contributed by atoms with Crippen molar-refractivity contribution in [2.24, 2.45) is 0 Å². The number of ether oxygens (including phenoxy) is 4. The molecule has 160 valence electrons. The zero-order valence-corrected chi connectivity index (χ0v) is 17.5. The predicted octanol–water partition coefficient (Wildman–Crippen LogP) is 4.86. The van der Waals surface area contributed by atoms with Crippen LogP contribution in [0.5, 0.6) is 11.5 Å². The molecule has 0 aliphatic rings. The number of hydrogen-bond donors (Lipinski definition) is 0. The second kappa shape index (κ2) is 10.5. The van der Waals surface area contributed by atoms with Crippen LogP contribution in [0, 0.1) is 0 Å². The third-order valence-electron chi connectivity index (χ3n) is 4.37. The van der Waals surface area contributed by atoms with Crippen LogP contribution >= 0.6 is 11.6 Å². The Morgan fingerprint density at radius 3 is 1.74 bits per heavy atom. The summed E-state index contributed by atoms with van der Waals surface area (Å²) in [7, 11) is 0. The van der Waals surface area contributed by atoms with Crippen molar-refractivity contribution in [2.45, 2.75) is 0 Å². The number of carbonyl (C=O) groups excluding carboxylic acids is 2. The Bertz CT molecular complexity index is 1140. The van der Waals surface area contributed by atoms with Gasteiger partial charge in [0.25, 0.3) is 0 Å². The van der Waals surface area contributed by atoms with Crippen LogP contribution < -0.4 is 9.47 Å². The van der Waals surface area contributed by atoms with Gasteiger partial charge in [-0.25, -0.2) is 9.59 Å². The van der Waals surface area contributed by atoms with E-state index in [-0.39, 0.29) is 26.4 Å². The molecule has 3 aromatic carbocycles. The van der Waals surface area contributed by atoms with Crippen molar-refractivity contribution in [2.75, 3.05) is 26.4 Å². The van der Waals surface area contributed by atoms with Gasteiger partial charge in [-0.05, 0) is 18.2 Å². The van der Waals surface area contributed by atoms with E-state index in [1.54, 1.807) is 12.1 Å².